The van der Waals surface area contributed by atoms with Crippen molar-refractivity contribution in [1.82, 2.24) is 24.7 Å². The quantitative estimate of drug-likeness (QED) is 0.468. The van der Waals surface area contributed by atoms with Gasteiger partial charge in [0.15, 0.2) is 11.6 Å². The van der Waals surface area contributed by atoms with Crippen LogP contribution >= 0.6 is 0 Å². The van der Waals surface area contributed by atoms with Gasteiger partial charge in [-0.25, -0.2) is 23.0 Å². The molecule has 2 aliphatic rings. The van der Waals surface area contributed by atoms with Crippen molar-refractivity contribution in [3.63, 3.8) is 0 Å². The summed E-state index contributed by atoms with van der Waals surface area (Å²) in [4.78, 5) is 18.6. The maximum absolute atomic E-state index is 14.5. The predicted octanol–water partition coefficient (Wildman–Crippen LogP) is 3.56. The lowest BCUT2D eigenvalue weighted by molar-refractivity contribution is 0.0256. The largest absolute Gasteiger partial charge is 0.610 e. The molecule has 1 saturated heterocycles. The van der Waals surface area contributed by atoms with Gasteiger partial charge < -0.3 is 14.2 Å². The molecule has 194 valence electrons. The molecule has 9 nitrogen and oxygen atoms in total. The molecular weight excluding hydrogens is 509 g/mol. The maximum Gasteiger partial charge on any atom is 0.341 e. The standard InChI is InChI=1S/C24H23F3N6O3S/c1-13-22(31(2)30-23(13)37(3)35)19-9-21(18(27)10-28-19)36-17-11-32(12-17)24(34)33-20(4-5-29-33)14-6-15(25)8-16(26)7-14/h5-10,17,20H,4,11-12H2,1-3H3. The topological polar surface area (TPSA) is 98.9 Å². The summed E-state index contributed by atoms with van der Waals surface area (Å²) < 4.78 is 61.2. The van der Waals surface area contributed by atoms with E-state index in [-0.39, 0.29) is 18.8 Å². The van der Waals surface area contributed by atoms with Crippen LogP contribution in [-0.2, 0) is 18.2 Å². The van der Waals surface area contributed by atoms with Crippen molar-refractivity contribution < 1.29 is 27.3 Å². The smallest absolute Gasteiger partial charge is 0.341 e. The van der Waals surface area contributed by atoms with Crippen LogP contribution in [0.2, 0.25) is 0 Å². The van der Waals surface area contributed by atoms with E-state index < -0.39 is 46.8 Å². The molecule has 1 aromatic carbocycles. The number of urea groups is 1. The number of halogens is 3. The number of hydrogen-bond acceptors (Lipinski definition) is 6. The van der Waals surface area contributed by atoms with E-state index in [0.717, 1.165) is 12.3 Å². The van der Waals surface area contributed by atoms with E-state index in [1.807, 2.05) is 0 Å². The normalized spacial score (nSPS) is 18.3. The van der Waals surface area contributed by atoms with Gasteiger partial charge in [0.25, 0.3) is 5.03 Å². The summed E-state index contributed by atoms with van der Waals surface area (Å²) in [5, 5.41) is 9.97. The number of benzene rings is 1. The molecule has 2 aliphatic heterocycles. The molecular formula is C24H23F3N6O3S. The second-order valence-corrected chi connectivity index (χ2v) is 10.2. The van der Waals surface area contributed by atoms with Gasteiger partial charge in [-0.15, -0.1) is 5.10 Å². The molecule has 0 radical (unpaired) electrons. The summed E-state index contributed by atoms with van der Waals surface area (Å²) in [6, 6.07) is 3.52. The zero-order valence-corrected chi connectivity index (χ0v) is 21.0. The van der Waals surface area contributed by atoms with Gasteiger partial charge in [-0.3, -0.25) is 9.67 Å². The van der Waals surface area contributed by atoms with Gasteiger partial charge >= 0.3 is 6.03 Å². The number of rotatable bonds is 5. The van der Waals surface area contributed by atoms with Crippen molar-refractivity contribution >= 4 is 23.4 Å². The minimum Gasteiger partial charge on any atom is -0.610 e. The van der Waals surface area contributed by atoms with Crippen molar-refractivity contribution in [2.45, 2.75) is 30.5 Å². The van der Waals surface area contributed by atoms with Crippen molar-refractivity contribution in [1.29, 1.82) is 0 Å². The Morgan fingerprint density at radius 1 is 1.16 bits per heavy atom. The van der Waals surface area contributed by atoms with Crippen LogP contribution in [0, 0.1) is 24.4 Å². The molecule has 0 N–H and O–H groups in total. The van der Waals surface area contributed by atoms with Crippen molar-refractivity contribution in [2.75, 3.05) is 19.3 Å². The van der Waals surface area contributed by atoms with E-state index in [9.17, 15) is 22.5 Å². The summed E-state index contributed by atoms with van der Waals surface area (Å²) >= 11 is -1.30. The molecule has 3 aromatic rings. The molecule has 2 atom stereocenters. The maximum atomic E-state index is 14.5. The van der Waals surface area contributed by atoms with Crippen molar-refractivity contribution in [3.05, 3.63) is 59.0 Å². The highest BCUT2D eigenvalue weighted by molar-refractivity contribution is 7.90. The highest BCUT2D eigenvalue weighted by Crippen LogP contribution is 2.33. The Hall–Kier alpha value is -3.58. The summed E-state index contributed by atoms with van der Waals surface area (Å²) in [7, 11) is 1.69. The number of nitrogens with zero attached hydrogens (tertiary/aromatic N) is 6. The van der Waals surface area contributed by atoms with Crippen molar-refractivity contribution in [2.24, 2.45) is 12.1 Å². The molecule has 13 heteroatoms. The molecule has 4 heterocycles. The fourth-order valence-corrected chi connectivity index (χ4v) is 5.28. The third kappa shape index (κ3) is 4.76. The zero-order valence-electron chi connectivity index (χ0n) is 20.2. The monoisotopic (exact) mass is 532 g/mol. The van der Waals surface area contributed by atoms with Crippen LogP contribution < -0.4 is 4.74 Å². The number of likely N-dealkylation sites (tertiary alicyclic amines) is 1. The van der Waals surface area contributed by atoms with Crippen LogP contribution in [0.15, 0.2) is 40.6 Å². The van der Waals surface area contributed by atoms with Gasteiger partial charge in [0.05, 0.1) is 42.3 Å². The molecule has 0 aliphatic carbocycles. The van der Waals surface area contributed by atoms with Crippen LogP contribution in [0.25, 0.3) is 11.4 Å². The zero-order chi connectivity index (χ0) is 26.4. The molecule has 0 saturated carbocycles. The second kappa shape index (κ2) is 9.71. The molecule has 2 unspecified atom stereocenters. The van der Waals surface area contributed by atoms with Crippen LogP contribution in [0.5, 0.6) is 5.75 Å². The number of ether oxygens (including phenoxy) is 1. The van der Waals surface area contributed by atoms with E-state index in [4.69, 9.17) is 4.74 Å². The highest BCUT2D eigenvalue weighted by atomic mass is 32.2. The highest BCUT2D eigenvalue weighted by Gasteiger charge is 2.39. The number of aromatic nitrogens is 3. The first kappa shape index (κ1) is 25.1. The Kier molecular flexibility index (Phi) is 6.58. The number of amides is 2. The number of aryl methyl sites for hydroxylation is 1. The molecule has 0 spiro atoms. The first-order chi connectivity index (χ1) is 17.6. The number of carbonyl (C=O) groups is 1. The first-order valence-corrected chi connectivity index (χ1v) is 12.9. The molecule has 2 aromatic heterocycles. The molecule has 37 heavy (non-hydrogen) atoms. The number of hydrogen-bond donors (Lipinski definition) is 0. The Morgan fingerprint density at radius 3 is 2.51 bits per heavy atom. The van der Waals surface area contributed by atoms with E-state index in [2.05, 4.69) is 15.2 Å². The van der Waals surface area contributed by atoms with Crippen LogP contribution in [-0.4, -0.2) is 66.9 Å². The average Bonchev–Trinajstić information content (AvgIpc) is 3.41. The van der Waals surface area contributed by atoms with Gasteiger partial charge in [0, 0.05) is 43.0 Å². The Bertz CT molecular complexity index is 1370. The summed E-state index contributed by atoms with van der Waals surface area (Å²) in [6.07, 6.45) is 3.95. The fraction of sp³-hybridized carbons (Fsp3) is 0.333. The third-order valence-electron chi connectivity index (χ3n) is 6.28. The summed E-state index contributed by atoms with van der Waals surface area (Å²) in [5.41, 5.74) is 1.98. The number of pyridine rings is 1. The van der Waals surface area contributed by atoms with Gasteiger partial charge in [-0.1, -0.05) is 0 Å². The third-order valence-corrected chi connectivity index (χ3v) is 7.22. The van der Waals surface area contributed by atoms with Crippen molar-refractivity contribution in [3.8, 4) is 17.1 Å². The summed E-state index contributed by atoms with van der Waals surface area (Å²) in [5.74, 6) is -2.16. The van der Waals surface area contributed by atoms with E-state index in [0.29, 0.717) is 34.0 Å². The van der Waals surface area contributed by atoms with Gasteiger partial charge in [0.1, 0.15) is 24.0 Å². The number of carbonyl (C=O) groups excluding carboxylic acids is 1. The minimum atomic E-state index is -1.30. The lowest BCUT2D eigenvalue weighted by Gasteiger charge is -2.41. The SMILES string of the molecule is Cc1c([S+](C)[O-])nn(C)c1-c1cc(OC2CN(C(=O)N3N=CCC3c3cc(F)cc(F)c3)C2)c(F)cn1. The van der Waals surface area contributed by atoms with E-state index >= 15 is 0 Å². The second-order valence-electron chi connectivity index (χ2n) is 8.88. The lowest BCUT2D eigenvalue weighted by atomic mass is 10.0. The predicted molar refractivity (Wildman–Crippen MR) is 129 cm³/mol. The first-order valence-electron chi connectivity index (χ1n) is 11.4. The molecule has 1 fully saturated rings. The average molecular weight is 533 g/mol. The molecule has 2 amide bonds. The Labute approximate surface area is 213 Å². The Morgan fingerprint density at radius 2 is 1.86 bits per heavy atom. The van der Waals surface area contributed by atoms with E-state index in [1.165, 1.54) is 45.3 Å². The van der Waals surface area contributed by atoms with Gasteiger partial charge in [-0.2, -0.15) is 5.10 Å². The van der Waals surface area contributed by atoms with Crippen LogP contribution in [0.1, 0.15) is 23.6 Å². The minimum absolute atomic E-state index is 0.0332. The van der Waals surface area contributed by atoms with Crippen LogP contribution in [0.3, 0.4) is 0 Å². The molecule has 0 bridgehead atoms. The molecule has 5 rings (SSSR count). The van der Waals surface area contributed by atoms with Gasteiger partial charge in [0.2, 0.25) is 0 Å². The lowest BCUT2D eigenvalue weighted by Crippen LogP contribution is -2.58. The van der Waals surface area contributed by atoms with E-state index in [1.54, 1.807) is 14.0 Å². The number of hydrazone groups is 1. The van der Waals surface area contributed by atoms with Crippen LogP contribution in [0.4, 0.5) is 18.0 Å². The fourth-order valence-electron chi connectivity index (χ4n) is 4.51. The Balaban J connectivity index is 1.26. The summed E-state index contributed by atoms with van der Waals surface area (Å²) in [6.45, 7) is 2.12. The van der Waals surface area contributed by atoms with Gasteiger partial charge in [-0.05, 0) is 24.6 Å².